The zero-order chi connectivity index (χ0) is 20.3. The third-order valence-corrected chi connectivity index (χ3v) is 5.87. The highest BCUT2D eigenvalue weighted by Gasteiger charge is 2.39. The fraction of sp³-hybridized carbons (Fsp3) is 0.300. The van der Waals surface area contributed by atoms with Crippen LogP contribution in [0.15, 0.2) is 42.0 Å². The van der Waals surface area contributed by atoms with Gasteiger partial charge in [-0.25, -0.2) is 13.8 Å². The lowest BCUT2D eigenvalue weighted by Gasteiger charge is -2.31. The first kappa shape index (κ1) is 19.4. The molecule has 2 aromatic heterocycles. The number of hydrogen-bond donors (Lipinski definition) is 2. The molecule has 1 fully saturated rings. The van der Waals surface area contributed by atoms with Gasteiger partial charge in [0, 0.05) is 23.7 Å². The molecule has 0 radical (unpaired) electrons. The number of hydrogen-bond acceptors (Lipinski definition) is 6. The number of anilines is 2. The van der Waals surface area contributed by atoms with Crippen LogP contribution in [0.2, 0.25) is 0 Å². The van der Waals surface area contributed by atoms with Gasteiger partial charge in [0.2, 0.25) is 5.13 Å². The minimum absolute atomic E-state index is 0.151. The Morgan fingerprint density at radius 3 is 2.52 bits per heavy atom. The minimum atomic E-state index is -0.606. The number of carbonyl (C=O) groups is 1. The lowest BCUT2D eigenvalue weighted by atomic mass is 9.78. The Bertz CT molecular complexity index is 968. The normalized spacial score (nSPS) is 15.2. The van der Waals surface area contributed by atoms with E-state index >= 15 is 0 Å². The maximum absolute atomic E-state index is 14.4. The van der Waals surface area contributed by atoms with Gasteiger partial charge < -0.3 is 5.32 Å². The molecule has 1 aromatic carbocycles. The molecule has 1 aliphatic rings. The summed E-state index contributed by atoms with van der Waals surface area (Å²) in [5.74, 6) is -0.808. The SMILES string of the molecule is O=C(Nc1nncs1)c1ccc(NCC2(c3c(F)cccc3F)CCCC2)nc1. The molecule has 150 valence electrons. The van der Waals surface area contributed by atoms with E-state index in [1.807, 2.05) is 0 Å². The molecule has 29 heavy (non-hydrogen) atoms. The number of rotatable bonds is 6. The van der Waals surface area contributed by atoms with Crippen LogP contribution in [0, 0.1) is 11.6 Å². The molecule has 0 bridgehead atoms. The predicted molar refractivity (Wildman–Crippen MR) is 107 cm³/mol. The van der Waals surface area contributed by atoms with Crippen LogP contribution in [-0.4, -0.2) is 27.6 Å². The van der Waals surface area contributed by atoms with Crippen molar-refractivity contribution in [3.05, 3.63) is 64.8 Å². The van der Waals surface area contributed by atoms with E-state index in [0.29, 0.717) is 35.9 Å². The summed E-state index contributed by atoms with van der Waals surface area (Å²) in [4.78, 5) is 16.5. The first-order chi connectivity index (χ1) is 14.1. The van der Waals surface area contributed by atoms with Crippen LogP contribution in [0.25, 0.3) is 0 Å². The Labute approximate surface area is 170 Å². The second-order valence-electron chi connectivity index (χ2n) is 7.07. The van der Waals surface area contributed by atoms with Crippen molar-refractivity contribution in [2.75, 3.05) is 17.2 Å². The summed E-state index contributed by atoms with van der Waals surface area (Å²) in [5.41, 5.74) is 1.45. The van der Waals surface area contributed by atoms with Crippen molar-refractivity contribution >= 4 is 28.2 Å². The fourth-order valence-electron chi connectivity index (χ4n) is 3.86. The van der Waals surface area contributed by atoms with E-state index in [4.69, 9.17) is 0 Å². The van der Waals surface area contributed by atoms with Gasteiger partial charge >= 0.3 is 0 Å². The molecule has 9 heteroatoms. The number of aromatic nitrogens is 3. The van der Waals surface area contributed by atoms with E-state index in [2.05, 4.69) is 25.8 Å². The Morgan fingerprint density at radius 1 is 1.14 bits per heavy atom. The summed E-state index contributed by atoms with van der Waals surface area (Å²) < 4.78 is 28.9. The Kier molecular flexibility index (Phi) is 5.48. The highest BCUT2D eigenvalue weighted by Crippen LogP contribution is 2.43. The third kappa shape index (κ3) is 4.09. The Balaban J connectivity index is 1.47. The van der Waals surface area contributed by atoms with E-state index in [1.165, 1.54) is 41.2 Å². The van der Waals surface area contributed by atoms with Gasteiger partial charge in [-0.3, -0.25) is 10.1 Å². The molecule has 0 aliphatic heterocycles. The molecule has 0 saturated heterocycles. The van der Waals surface area contributed by atoms with E-state index in [9.17, 15) is 13.6 Å². The highest BCUT2D eigenvalue weighted by atomic mass is 32.1. The van der Waals surface area contributed by atoms with Crippen molar-refractivity contribution in [1.82, 2.24) is 15.2 Å². The molecule has 0 atom stereocenters. The van der Waals surface area contributed by atoms with Crippen LogP contribution in [0.1, 0.15) is 41.6 Å². The second kappa shape index (κ2) is 8.20. The summed E-state index contributed by atoms with van der Waals surface area (Å²) in [6.07, 6.45) is 4.71. The molecule has 0 spiro atoms. The number of halogens is 2. The van der Waals surface area contributed by atoms with Crippen molar-refractivity contribution < 1.29 is 13.6 Å². The molecule has 3 aromatic rings. The molecule has 6 nitrogen and oxygen atoms in total. The van der Waals surface area contributed by atoms with E-state index in [1.54, 1.807) is 12.1 Å². The topological polar surface area (TPSA) is 79.8 Å². The van der Waals surface area contributed by atoms with Gasteiger partial charge in [0.25, 0.3) is 5.91 Å². The van der Waals surface area contributed by atoms with Gasteiger partial charge in [-0.1, -0.05) is 30.2 Å². The first-order valence-corrected chi connectivity index (χ1v) is 10.2. The lowest BCUT2D eigenvalue weighted by Crippen LogP contribution is -2.33. The largest absolute Gasteiger partial charge is 0.369 e. The van der Waals surface area contributed by atoms with Crippen LogP contribution >= 0.6 is 11.3 Å². The highest BCUT2D eigenvalue weighted by molar-refractivity contribution is 7.13. The molecular formula is C20H19F2N5OS. The average molecular weight is 415 g/mol. The molecule has 2 heterocycles. The molecule has 1 aliphatic carbocycles. The third-order valence-electron chi connectivity index (χ3n) is 5.27. The van der Waals surface area contributed by atoms with Crippen LogP contribution in [0.4, 0.5) is 19.7 Å². The van der Waals surface area contributed by atoms with E-state index in [-0.39, 0.29) is 11.5 Å². The van der Waals surface area contributed by atoms with Crippen LogP contribution in [-0.2, 0) is 5.41 Å². The minimum Gasteiger partial charge on any atom is -0.369 e. The molecular weight excluding hydrogens is 396 g/mol. The summed E-state index contributed by atoms with van der Waals surface area (Å²) in [6.45, 7) is 0.369. The summed E-state index contributed by atoms with van der Waals surface area (Å²) >= 11 is 1.22. The number of nitrogens with one attached hydrogen (secondary N) is 2. The smallest absolute Gasteiger partial charge is 0.259 e. The maximum Gasteiger partial charge on any atom is 0.259 e. The van der Waals surface area contributed by atoms with Gasteiger partial charge in [0.15, 0.2) is 0 Å². The molecule has 4 rings (SSSR count). The molecule has 0 unspecified atom stereocenters. The van der Waals surface area contributed by atoms with Gasteiger partial charge in [0.1, 0.15) is 23.0 Å². The average Bonchev–Trinajstić information content (AvgIpc) is 3.39. The van der Waals surface area contributed by atoms with Gasteiger partial charge in [-0.15, -0.1) is 10.2 Å². The van der Waals surface area contributed by atoms with Crippen molar-refractivity contribution in [3.8, 4) is 0 Å². The van der Waals surface area contributed by atoms with Crippen molar-refractivity contribution in [2.24, 2.45) is 0 Å². The van der Waals surface area contributed by atoms with E-state index < -0.39 is 17.0 Å². The fourth-order valence-corrected chi connectivity index (χ4v) is 4.30. The van der Waals surface area contributed by atoms with Crippen LogP contribution < -0.4 is 10.6 Å². The standard InChI is InChI=1S/C20H19F2N5OS/c21-14-4-3-5-15(22)17(14)20(8-1-2-9-20)11-24-16-7-6-13(10-23-16)18(28)26-19-27-25-12-29-19/h3-7,10,12H,1-2,8-9,11H2,(H,23,24)(H,26,27,28). The molecule has 1 saturated carbocycles. The van der Waals surface area contributed by atoms with Gasteiger partial charge in [-0.05, 0) is 37.1 Å². The zero-order valence-corrected chi connectivity index (χ0v) is 16.3. The van der Waals surface area contributed by atoms with Crippen molar-refractivity contribution in [3.63, 3.8) is 0 Å². The Hall–Kier alpha value is -2.94. The quantitative estimate of drug-likeness (QED) is 0.624. The molecule has 1 amide bonds. The van der Waals surface area contributed by atoms with Crippen LogP contribution in [0.3, 0.4) is 0 Å². The number of carbonyl (C=O) groups excluding carboxylic acids is 1. The van der Waals surface area contributed by atoms with E-state index in [0.717, 1.165) is 12.8 Å². The Morgan fingerprint density at radius 2 is 1.90 bits per heavy atom. The summed E-state index contributed by atoms with van der Waals surface area (Å²) in [5, 5.41) is 13.7. The second-order valence-corrected chi connectivity index (χ2v) is 7.90. The van der Waals surface area contributed by atoms with Gasteiger partial charge in [0.05, 0.1) is 5.56 Å². The van der Waals surface area contributed by atoms with Crippen molar-refractivity contribution in [1.29, 1.82) is 0 Å². The zero-order valence-electron chi connectivity index (χ0n) is 15.5. The van der Waals surface area contributed by atoms with Crippen molar-refractivity contribution in [2.45, 2.75) is 31.1 Å². The van der Waals surface area contributed by atoms with Crippen LogP contribution in [0.5, 0.6) is 0 Å². The maximum atomic E-state index is 14.4. The number of nitrogens with zero attached hydrogens (tertiary/aromatic N) is 3. The number of amides is 1. The molecule has 2 N–H and O–H groups in total. The summed E-state index contributed by atoms with van der Waals surface area (Å²) in [7, 11) is 0. The van der Waals surface area contributed by atoms with Gasteiger partial charge in [-0.2, -0.15) is 0 Å². The number of pyridine rings is 1. The predicted octanol–water partition coefficient (Wildman–Crippen LogP) is 4.39. The number of benzene rings is 1. The lowest BCUT2D eigenvalue weighted by molar-refractivity contribution is 0.102. The first-order valence-electron chi connectivity index (χ1n) is 9.29. The monoisotopic (exact) mass is 415 g/mol. The summed E-state index contributed by atoms with van der Waals surface area (Å²) in [6, 6.07) is 7.31.